The Labute approximate surface area is 352 Å². The molecule has 0 unspecified atom stereocenters. The first kappa shape index (κ1) is 57.0. The monoisotopic (exact) mass is 793 g/mol. The molecule has 0 aromatic heterocycles. The van der Waals surface area contributed by atoms with Crippen LogP contribution in [0.3, 0.4) is 0 Å². The molecule has 0 saturated heterocycles. The molecule has 0 spiro atoms. The van der Waals surface area contributed by atoms with E-state index < -0.39 is 17.4 Å². The number of hydrogen-bond acceptors (Lipinski definition) is 2. The Morgan fingerprint density at radius 3 is 0.643 bits per heavy atom. The van der Waals surface area contributed by atoms with Gasteiger partial charge in [0.1, 0.15) is 0 Å². The highest BCUT2D eigenvalue weighted by Gasteiger charge is 2.48. The lowest BCUT2D eigenvalue weighted by molar-refractivity contribution is -0.151. The molecule has 0 heterocycles. The number of carbonyl (C=O) groups is 2. The average molecular weight is 793 g/mol. The Balaban J connectivity index is 0. The van der Waals surface area contributed by atoms with Crippen LogP contribution in [0.5, 0.6) is 0 Å². The Kier molecular flexibility index (Phi) is 40.1. The number of aliphatic carboxylic acids is 2. The van der Waals surface area contributed by atoms with Gasteiger partial charge in [-0.3, -0.25) is 9.59 Å². The lowest BCUT2D eigenvalue weighted by Crippen LogP contribution is -2.43. The fourth-order valence-corrected chi connectivity index (χ4v) is 10.2. The van der Waals surface area contributed by atoms with Crippen LogP contribution in [0.4, 0.5) is 0 Å². The highest BCUT2D eigenvalue weighted by atomic mass is 16.4. The van der Waals surface area contributed by atoms with E-state index in [0.29, 0.717) is 10.8 Å². The van der Waals surface area contributed by atoms with E-state index in [4.69, 9.17) is 9.90 Å². The van der Waals surface area contributed by atoms with Crippen LogP contribution in [0.1, 0.15) is 306 Å². The molecule has 4 nitrogen and oxygen atoms in total. The fourth-order valence-electron chi connectivity index (χ4n) is 10.2. The largest absolute Gasteiger partial charge is 0.481 e. The SMILES string of the molecule is CC(=O)O.CCCCCCC(CCCCCC)(CCCCC(CCCCCC)(CCCCCC)C(CCCCCC)(CCCCCC)CCCCCC)C(=O)O. The van der Waals surface area contributed by atoms with E-state index in [2.05, 4.69) is 48.5 Å². The summed E-state index contributed by atoms with van der Waals surface area (Å²) in [4.78, 5) is 22.2. The van der Waals surface area contributed by atoms with Crippen molar-refractivity contribution in [3.05, 3.63) is 0 Å². The highest BCUT2D eigenvalue weighted by molar-refractivity contribution is 5.74. The van der Waals surface area contributed by atoms with Gasteiger partial charge in [0.15, 0.2) is 0 Å². The third kappa shape index (κ3) is 27.6. The van der Waals surface area contributed by atoms with Crippen LogP contribution in [-0.4, -0.2) is 22.2 Å². The van der Waals surface area contributed by atoms with Gasteiger partial charge in [-0.1, -0.05) is 241 Å². The van der Waals surface area contributed by atoms with Crippen LogP contribution in [0, 0.1) is 16.2 Å². The topological polar surface area (TPSA) is 74.6 Å². The summed E-state index contributed by atoms with van der Waals surface area (Å²) in [5.41, 5.74) is 0.349. The zero-order valence-electron chi connectivity index (χ0n) is 39.8. The van der Waals surface area contributed by atoms with Crippen molar-refractivity contribution < 1.29 is 19.8 Å². The fraction of sp³-hybridized carbons (Fsp3) is 0.962. The third-order valence-electron chi connectivity index (χ3n) is 13.7. The minimum atomic E-state index is -0.833. The summed E-state index contributed by atoms with van der Waals surface area (Å²) in [5, 5.41) is 18.3. The molecule has 0 aliphatic carbocycles. The number of unbranched alkanes of at least 4 members (excludes halogenated alkanes) is 22. The molecule has 0 aliphatic heterocycles. The Morgan fingerprint density at radius 1 is 0.304 bits per heavy atom. The molecule has 0 radical (unpaired) electrons. The Bertz CT molecular complexity index is 790. The van der Waals surface area contributed by atoms with Crippen molar-refractivity contribution in [1.82, 2.24) is 0 Å². The number of carboxylic acids is 2. The van der Waals surface area contributed by atoms with E-state index in [9.17, 15) is 9.90 Å². The first-order chi connectivity index (χ1) is 27.1. The van der Waals surface area contributed by atoms with Crippen LogP contribution in [-0.2, 0) is 9.59 Å². The lowest BCUT2D eigenvalue weighted by Gasteiger charge is -2.54. The number of rotatable bonds is 42. The molecule has 4 heteroatoms. The number of hydrogen-bond donors (Lipinski definition) is 2. The van der Waals surface area contributed by atoms with E-state index in [-0.39, 0.29) is 0 Å². The quantitative estimate of drug-likeness (QED) is 0.0604. The predicted molar refractivity (Wildman–Crippen MR) is 248 cm³/mol. The molecule has 0 saturated carbocycles. The molecule has 56 heavy (non-hydrogen) atoms. The van der Waals surface area contributed by atoms with Crippen molar-refractivity contribution in [2.75, 3.05) is 0 Å². The van der Waals surface area contributed by atoms with E-state index >= 15 is 0 Å². The van der Waals surface area contributed by atoms with E-state index in [0.717, 1.165) is 45.4 Å². The zero-order valence-corrected chi connectivity index (χ0v) is 39.8. The van der Waals surface area contributed by atoms with Gasteiger partial charge >= 0.3 is 5.97 Å². The van der Waals surface area contributed by atoms with Gasteiger partial charge in [0.25, 0.3) is 5.97 Å². The maximum Gasteiger partial charge on any atom is 0.309 e. The van der Waals surface area contributed by atoms with Crippen molar-refractivity contribution >= 4 is 11.9 Å². The first-order valence-electron chi connectivity index (χ1n) is 25.5. The maximum absolute atomic E-state index is 13.2. The number of carboxylic acid groups (broad SMARTS) is 2. The second kappa shape index (κ2) is 39.4. The molecule has 0 aromatic rings. The van der Waals surface area contributed by atoms with Crippen molar-refractivity contribution in [1.29, 1.82) is 0 Å². The molecule has 0 aromatic carbocycles. The normalized spacial score (nSPS) is 12.1. The highest BCUT2D eigenvalue weighted by Crippen LogP contribution is 2.59. The van der Waals surface area contributed by atoms with E-state index in [1.54, 1.807) is 0 Å². The standard InChI is InChI=1S/C50H100O2.C2H4O2/c1-8-15-22-29-38-48(47(51)52,39-30-23-16-9-2)40-36-37-46-50(44-34-27-20-13-6,45-35-28-21-14-7)49(41-31-24-17-10-3,42-32-25-18-11-4)43-33-26-19-12-5;1-2(3)4/h8-46H2,1-7H3,(H,51,52);1H3,(H,3,4). The van der Waals surface area contributed by atoms with Gasteiger partial charge in [0, 0.05) is 6.92 Å². The van der Waals surface area contributed by atoms with Crippen LogP contribution in [0.2, 0.25) is 0 Å². The van der Waals surface area contributed by atoms with E-state index in [1.807, 2.05) is 0 Å². The molecular weight excluding hydrogens is 689 g/mol. The molecule has 0 amide bonds. The van der Waals surface area contributed by atoms with Crippen LogP contribution in [0.15, 0.2) is 0 Å². The van der Waals surface area contributed by atoms with Crippen molar-refractivity contribution in [3.8, 4) is 0 Å². The minimum absolute atomic E-state index is 0.410. The summed E-state index contributed by atoms with van der Waals surface area (Å²) in [6.45, 7) is 17.5. The van der Waals surface area contributed by atoms with Gasteiger partial charge in [-0.25, -0.2) is 0 Å². The molecule has 0 rings (SSSR count). The van der Waals surface area contributed by atoms with Crippen molar-refractivity contribution in [2.24, 2.45) is 16.2 Å². The Hall–Kier alpha value is -1.06. The minimum Gasteiger partial charge on any atom is -0.481 e. The second-order valence-corrected chi connectivity index (χ2v) is 18.5. The van der Waals surface area contributed by atoms with Gasteiger partial charge in [0.2, 0.25) is 0 Å². The molecular formula is C52H104O4. The van der Waals surface area contributed by atoms with Gasteiger partial charge in [0.05, 0.1) is 5.41 Å². The summed E-state index contributed by atoms with van der Waals surface area (Å²) >= 11 is 0. The predicted octanol–water partition coefficient (Wildman–Crippen LogP) is 18.5. The Morgan fingerprint density at radius 2 is 0.464 bits per heavy atom. The summed E-state index contributed by atoms with van der Waals surface area (Å²) in [5.74, 6) is -1.32. The van der Waals surface area contributed by atoms with E-state index in [1.165, 1.54) is 212 Å². The third-order valence-corrected chi connectivity index (χ3v) is 13.7. The summed E-state index contributed by atoms with van der Waals surface area (Å²) in [6.07, 6.45) is 50.5. The molecule has 0 aliphatic rings. The van der Waals surface area contributed by atoms with Crippen LogP contribution < -0.4 is 0 Å². The summed E-state index contributed by atoms with van der Waals surface area (Å²) in [7, 11) is 0. The van der Waals surface area contributed by atoms with Crippen molar-refractivity contribution in [2.45, 2.75) is 306 Å². The molecule has 336 valence electrons. The second-order valence-electron chi connectivity index (χ2n) is 18.5. The summed E-state index contributed by atoms with van der Waals surface area (Å²) < 4.78 is 0. The van der Waals surface area contributed by atoms with Crippen LogP contribution >= 0.6 is 0 Å². The van der Waals surface area contributed by atoms with Gasteiger partial charge in [-0.15, -0.1) is 0 Å². The lowest BCUT2D eigenvalue weighted by atomic mass is 9.51. The summed E-state index contributed by atoms with van der Waals surface area (Å²) in [6, 6.07) is 0. The van der Waals surface area contributed by atoms with Gasteiger partial charge in [-0.2, -0.15) is 0 Å². The van der Waals surface area contributed by atoms with Crippen LogP contribution in [0.25, 0.3) is 0 Å². The molecule has 0 bridgehead atoms. The zero-order chi connectivity index (χ0) is 42.2. The smallest absolute Gasteiger partial charge is 0.309 e. The molecule has 0 fully saturated rings. The molecule has 0 atom stereocenters. The average Bonchev–Trinajstić information content (AvgIpc) is 3.17. The first-order valence-corrected chi connectivity index (χ1v) is 25.5. The van der Waals surface area contributed by atoms with Crippen molar-refractivity contribution in [3.63, 3.8) is 0 Å². The van der Waals surface area contributed by atoms with Gasteiger partial charge in [-0.05, 0) is 68.6 Å². The molecule has 2 N–H and O–H groups in total. The van der Waals surface area contributed by atoms with Gasteiger partial charge < -0.3 is 10.2 Å². The maximum atomic E-state index is 13.2.